The average molecular weight is 540 g/mol. The van der Waals surface area contributed by atoms with Crippen molar-refractivity contribution in [2.45, 2.75) is 65.7 Å². The highest BCUT2D eigenvalue weighted by molar-refractivity contribution is 9.11. The van der Waals surface area contributed by atoms with Crippen molar-refractivity contribution in [2.24, 2.45) is 5.41 Å². The van der Waals surface area contributed by atoms with Gasteiger partial charge in [0.2, 0.25) is 0 Å². The first-order chi connectivity index (χ1) is 15.5. The maximum atomic E-state index is 13.7. The molecular formula is C20H26BrN7O4S. The van der Waals surface area contributed by atoms with Crippen molar-refractivity contribution in [1.82, 2.24) is 34.2 Å². The second-order valence-corrected chi connectivity index (χ2v) is 11.7. The Morgan fingerprint density at radius 3 is 2.67 bits per heavy atom. The van der Waals surface area contributed by atoms with Gasteiger partial charge in [-0.15, -0.1) is 21.5 Å². The maximum absolute atomic E-state index is 13.7. The Kier molecular flexibility index (Phi) is 6.20. The number of aryl methyl sites for hydroxylation is 1. The highest BCUT2D eigenvalue weighted by Gasteiger charge is 2.40. The van der Waals surface area contributed by atoms with E-state index in [9.17, 15) is 19.5 Å². The van der Waals surface area contributed by atoms with Crippen molar-refractivity contribution in [3.8, 4) is 0 Å². The molecule has 2 unspecified atom stereocenters. The number of hydrogen-bond acceptors (Lipinski definition) is 7. The molecule has 13 heteroatoms. The Labute approximate surface area is 201 Å². The molecule has 11 nitrogen and oxygen atoms in total. The fraction of sp³-hybridized carbons (Fsp3) is 0.600. The molecule has 1 N–H and O–H groups in total. The van der Waals surface area contributed by atoms with Gasteiger partial charge in [0.05, 0.1) is 22.4 Å². The summed E-state index contributed by atoms with van der Waals surface area (Å²) < 4.78 is 3.99. The largest absolute Gasteiger partial charge is 0.465 e. The number of carboxylic acid groups (broad SMARTS) is 1. The molecule has 4 heterocycles. The lowest BCUT2D eigenvalue weighted by Crippen LogP contribution is -2.54. The van der Waals surface area contributed by atoms with Crippen LogP contribution in [0.15, 0.2) is 19.4 Å². The zero-order valence-electron chi connectivity index (χ0n) is 18.9. The van der Waals surface area contributed by atoms with E-state index in [1.807, 2.05) is 27.7 Å². The fourth-order valence-corrected chi connectivity index (χ4v) is 5.98. The number of amides is 1. The third-order valence-corrected chi connectivity index (χ3v) is 7.70. The summed E-state index contributed by atoms with van der Waals surface area (Å²) in [7, 11) is 0. The monoisotopic (exact) mass is 539 g/mol. The molecule has 3 aromatic heterocycles. The molecule has 0 spiro atoms. The first-order valence-electron chi connectivity index (χ1n) is 10.7. The zero-order valence-corrected chi connectivity index (χ0v) is 21.3. The van der Waals surface area contributed by atoms with Crippen LogP contribution >= 0.6 is 27.3 Å². The van der Waals surface area contributed by atoms with E-state index in [1.165, 1.54) is 30.2 Å². The summed E-state index contributed by atoms with van der Waals surface area (Å²) in [5.41, 5.74) is -0.639. The minimum atomic E-state index is -0.985. The van der Waals surface area contributed by atoms with Gasteiger partial charge in [0.15, 0.2) is 5.82 Å². The number of rotatable bonds is 4. The molecule has 1 aliphatic rings. The second-order valence-electron chi connectivity index (χ2n) is 9.24. The van der Waals surface area contributed by atoms with Crippen LogP contribution in [0, 0.1) is 5.41 Å². The molecule has 1 amide bonds. The zero-order chi connectivity index (χ0) is 24.1. The van der Waals surface area contributed by atoms with Crippen LogP contribution in [0.3, 0.4) is 0 Å². The number of piperidine rings is 1. The number of aromatic nitrogens is 6. The van der Waals surface area contributed by atoms with E-state index >= 15 is 0 Å². The van der Waals surface area contributed by atoms with E-state index in [0.717, 1.165) is 3.79 Å². The molecule has 0 radical (unpaired) electrons. The number of fused-ring (bicyclic) bond motifs is 1. The van der Waals surface area contributed by atoms with E-state index in [1.54, 1.807) is 6.07 Å². The molecule has 0 aromatic carbocycles. The summed E-state index contributed by atoms with van der Waals surface area (Å²) >= 11 is 4.70. The number of halogens is 1. The minimum absolute atomic E-state index is 0.0788. The van der Waals surface area contributed by atoms with E-state index in [2.05, 4.69) is 31.3 Å². The summed E-state index contributed by atoms with van der Waals surface area (Å²) in [5, 5.41) is 22.0. The number of nitrogens with zero attached hydrogens (tertiary/aromatic N) is 7. The molecule has 1 saturated heterocycles. The lowest BCUT2D eigenvalue weighted by atomic mass is 9.79. The lowest BCUT2D eigenvalue weighted by molar-refractivity contribution is 0.0414. The Balaban J connectivity index is 1.83. The van der Waals surface area contributed by atoms with Gasteiger partial charge >= 0.3 is 11.8 Å². The minimum Gasteiger partial charge on any atom is -0.465 e. The quantitative estimate of drug-likeness (QED) is 0.539. The molecule has 1 fully saturated rings. The smallest absolute Gasteiger partial charge is 0.407 e. The Morgan fingerprint density at radius 1 is 1.33 bits per heavy atom. The van der Waals surface area contributed by atoms with Gasteiger partial charge in [0.25, 0.3) is 5.56 Å². The summed E-state index contributed by atoms with van der Waals surface area (Å²) in [5.74, 6) is 0.376. The predicted octanol–water partition coefficient (Wildman–Crippen LogP) is 2.77. The molecule has 3 aromatic rings. The Morgan fingerprint density at radius 2 is 2.06 bits per heavy atom. The van der Waals surface area contributed by atoms with Crippen LogP contribution in [0.1, 0.15) is 52.4 Å². The van der Waals surface area contributed by atoms with Crippen LogP contribution < -0.4 is 11.2 Å². The van der Waals surface area contributed by atoms with E-state index in [0.29, 0.717) is 35.4 Å². The summed E-state index contributed by atoms with van der Waals surface area (Å²) in [6.07, 6.45) is -0.218. The topological polar surface area (TPSA) is 128 Å². The first-order valence-corrected chi connectivity index (χ1v) is 12.3. The average Bonchev–Trinajstić information content (AvgIpc) is 3.36. The van der Waals surface area contributed by atoms with Crippen molar-refractivity contribution < 1.29 is 9.90 Å². The number of thiophene rings is 1. The third-order valence-electron chi connectivity index (χ3n) is 6.09. The van der Waals surface area contributed by atoms with Crippen molar-refractivity contribution in [1.29, 1.82) is 0 Å². The van der Waals surface area contributed by atoms with Gasteiger partial charge in [-0.1, -0.05) is 20.8 Å². The van der Waals surface area contributed by atoms with Gasteiger partial charge in [-0.2, -0.15) is 4.80 Å². The van der Waals surface area contributed by atoms with Crippen LogP contribution in [0.5, 0.6) is 0 Å². The highest BCUT2D eigenvalue weighted by Crippen LogP contribution is 2.36. The van der Waals surface area contributed by atoms with E-state index in [4.69, 9.17) is 0 Å². The van der Waals surface area contributed by atoms with Crippen LogP contribution in [-0.2, 0) is 13.1 Å². The van der Waals surface area contributed by atoms with Crippen molar-refractivity contribution in [2.75, 3.05) is 6.54 Å². The first kappa shape index (κ1) is 23.6. The molecule has 0 aliphatic carbocycles. The summed E-state index contributed by atoms with van der Waals surface area (Å²) in [6.45, 7) is 8.69. The van der Waals surface area contributed by atoms with E-state index < -0.39 is 17.8 Å². The van der Waals surface area contributed by atoms with Crippen LogP contribution in [0.2, 0.25) is 0 Å². The lowest BCUT2D eigenvalue weighted by Gasteiger charge is -2.44. The number of tetrazole rings is 1. The molecule has 178 valence electrons. The molecule has 4 rings (SSSR count). The van der Waals surface area contributed by atoms with Crippen molar-refractivity contribution in [3.05, 3.63) is 36.5 Å². The SMILES string of the molecule is CCn1nnc(Cn2c(=O)n(C3CCN(C(=O)O)C(C(C)(C)C)C3)c(=O)c3sc(Br)cc32)n1. The Hall–Kier alpha value is -2.54. The maximum Gasteiger partial charge on any atom is 0.407 e. The van der Waals surface area contributed by atoms with Crippen molar-refractivity contribution in [3.63, 3.8) is 0 Å². The van der Waals surface area contributed by atoms with Crippen LogP contribution in [0.25, 0.3) is 10.2 Å². The number of hydrogen-bond donors (Lipinski definition) is 1. The standard InChI is InChI=1S/C20H26BrN7O4S/c1-5-27-23-15(22-24-27)10-26-12-9-14(21)33-16(12)17(29)28(18(26)30)11-6-7-25(19(31)32)13(8-11)20(2,3)4/h9,11,13H,5-8,10H2,1-4H3,(H,31,32). The molecule has 33 heavy (non-hydrogen) atoms. The van der Waals surface area contributed by atoms with E-state index in [-0.39, 0.29) is 30.1 Å². The molecular weight excluding hydrogens is 514 g/mol. The van der Waals surface area contributed by atoms with Gasteiger partial charge in [0.1, 0.15) is 4.70 Å². The second kappa shape index (κ2) is 8.67. The summed E-state index contributed by atoms with van der Waals surface area (Å²) in [4.78, 5) is 41.8. The fourth-order valence-electron chi connectivity index (χ4n) is 4.46. The van der Waals surface area contributed by atoms with Gasteiger partial charge < -0.3 is 10.0 Å². The highest BCUT2D eigenvalue weighted by atomic mass is 79.9. The van der Waals surface area contributed by atoms with Gasteiger partial charge in [-0.05, 0) is 52.4 Å². The van der Waals surface area contributed by atoms with Crippen LogP contribution in [0.4, 0.5) is 4.79 Å². The predicted molar refractivity (Wildman–Crippen MR) is 127 cm³/mol. The molecule has 1 aliphatic heterocycles. The van der Waals surface area contributed by atoms with Crippen molar-refractivity contribution >= 4 is 43.6 Å². The van der Waals surface area contributed by atoms with Gasteiger partial charge in [-0.25, -0.2) is 9.59 Å². The number of likely N-dealkylation sites (tertiary alicyclic amines) is 1. The van der Waals surface area contributed by atoms with Gasteiger partial charge in [0, 0.05) is 18.6 Å². The molecule has 0 bridgehead atoms. The van der Waals surface area contributed by atoms with Gasteiger partial charge in [-0.3, -0.25) is 13.9 Å². The Bertz CT molecular complexity index is 1320. The molecule has 0 saturated carbocycles. The van der Waals surface area contributed by atoms with Crippen LogP contribution in [-0.4, -0.2) is 58.0 Å². The number of carbonyl (C=O) groups is 1. The molecule has 2 atom stereocenters. The summed E-state index contributed by atoms with van der Waals surface area (Å²) in [6, 6.07) is 1.01. The normalized spacial score (nSPS) is 19.4. The third kappa shape index (κ3) is 4.35.